The Kier molecular flexibility index (Phi) is 3.13. The van der Waals surface area contributed by atoms with Crippen LogP contribution in [0.5, 0.6) is 23.0 Å². The number of methoxy groups -OCH3 is 2. The molecule has 0 unspecified atom stereocenters. The van der Waals surface area contributed by atoms with Crippen LogP contribution in [0.2, 0.25) is 0 Å². The van der Waals surface area contributed by atoms with E-state index in [-0.39, 0.29) is 6.79 Å². The molecule has 2 aromatic carbocycles. The van der Waals surface area contributed by atoms with Crippen LogP contribution in [0.25, 0.3) is 27.1 Å². The van der Waals surface area contributed by atoms with Crippen LogP contribution in [0, 0.1) is 6.92 Å². The fraction of sp³-hybridized carbons (Fsp3) is 0.190. The van der Waals surface area contributed by atoms with Gasteiger partial charge in [0, 0.05) is 19.1 Å². The Balaban J connectivity index is 1.91. The molecule has 2 aromatic heterocycles. The molecule has 0 radical (unpaired) electrons. The number of benzene rings is 2. The lowest BCUT2D eigenvalue weighted by Gasteiger charge is -2.10. The molecule has 0 N–H and O–H groups in total. The average Bonchev–Trinajstić information content (AvgIpc) is 3.13. The van der Waals surface area contributed by atoms with Gasteiger partial charge in [-0.2, -0.15) is 4.40 Å². The Bertz CT molecular complexity index is 1200. The third-order valence-electron chi connectivity index (χ3n) is 5.08. The minimum absolute atomic E-state index is 0.273. The van der Waals surface area contributed by atoms with Crippen LogP contribution < -0.4 is 23.3 Å². The van der Waals surface area contributed by atoms with Gasteiger partial charge in [-0.15, -0.1) is 0 Å². The van der Waals surface area contributed by atoms with Crippen molar-refractivity contribution in [2.24, 2.45) is 0 Å². The molecule has 0 fully saturated rings. The van der Waals surface area contributed by atoms with E-state index in [2.05, 4.69) is 35.7 Å². The molecule has 130 valence electrons. The molecular weight excluding hydrogens is 330 g/mol. The van der Waals surface area contributed by atoms with Crippen LogP contribution >= 0.6 is 0 Å². The summed E-state index contributed by atoms with van der Waals surface area (Å²) in [6, 6.07) is 12.4. The largest absolute Gasteiger partial charge is 0.493 e. The predicted octanol–water partition coefficient (Wildman–Crippen LogP) is 3.79. The Labute approximate surface area is 150 Å². The number of rotatable bonds is 2. The van der Waals surface area contributed by atoms with E-state index in [1.807, 2.05) is 18.2 Å². The van der Waals surface area contributed by atoms with Gasteiger partial charge in [0.2, 0.25) is 12.3 Å². The SMILES string of the molecule is COc1cc2cc3c4cc5c(cc4cc[n+]3c(C)c2cc1OC)OCO5. The molecule has 0 bridgehead atoms. The maximum absolute atomic E-state index is 5.57. The highest BCUT2D eigenvalue weighted by Crippen LogP contribution is 2.38. The van der Waals surface area contributed by atoms with E-state index >= 15 is 0 Å². The first-order valence-electron chi connectivity index (χ1n) is 8.42. The first-order valence-corrected chi connectivity index (χ1v) is 8.42. The Morgan fingerprint density at radius 3 is 2.35 bits per heavy atom. The summed E-state index contributed by atoms with van der Waals surface area (Å²) in [5.74, 6) is 3.04. The van der Waals surface area contributed by atoms with Gasteiger partial charge in [0.05, 0.1) is 25.0 Å². The number of hydrogen-bond acceptors (Lipinski definition) is 4. The molecule has 3 heterocycles. The summed E-state index contributed by atoms with van der Waals surface area (Å²) in [6.45, 7) is 2.38. The summed E-state index contributed by atoms with van der Waals surface area (Å²) >= 11 is 0. The van der Waals surface area contributed by atoms with Crippen molar-refractivity contribution in [1.82, 2.24) is 0 Å². The molecule has 1 aliphatic heterocycles. The molecule has 0 amide bonds. The van der Waals surface area contributed by atoms with Crippen molar-refractivity contribution in [2.75, 3.05) is 21.0 Å². The molecule has 1 aliphatic rings. The zero-order chi connectivity index (χ0) is 17.8. The summed E-state index contributed by atoms with van der Waals surface area (Å²) < 4.78 is 24.2. The van der Waals surface area contributed by atoms with Crippen LogP contribution in [0.3, 0.4) is 0 Å². The van der Waals surface area contributed by atoms with Gasteiger partial charge in [-0.3, -0.25) is 0 Å². The summed E-state index contributed by atoms with van der Waals surface area (Å²) in [4.78, 5) is 0. The summed E-state index contributed by atoms with van der Waals surface area (Å²) in [6.07, 6.45) is 2.09. The van der Waals surface area contributed by atoms with Gasteiger partial charge in [0.1, 0.15) is 0 Å². The van der Waals surface area contributed by atoms with Crippen LogP contribution in [0.1, 0.15) is 5.69 Å². The van der Waals surface area contributed by atoms with Crippen LogP contribution in [-0.2, 0) is 0 Å². The zero-order valence-corrected chi connectivity index (χ0v) is 14.8. The van der Waals surface area contributed by atoms with E-state index in [4.69, 9.17) is 18.9 Å². The molecule has 4 aromatic rings. The van der Waals surface area contributed by atoms with Crippen molar-refractivity contribution in [3.05, 3.63) is 48.3 Å². The number of aryl methyl sites for hydroxylation is 1. The number of pyridine rings is 2. The maximum Gasteiger partial charge on any atom is 0.231 e. The minimum Gasteiger partial charge on any atom is -0.493 e. The van der Waals surface area contributed by atoms with Crippen LogP contribution in [0.4, 0.5) is 0 Å². The van der Waals surface area contributed by atoms with E-state index in [9.17, 15) is 0 Å². The van der Waals surface area contributed by atoms with Crippen molar-refractivity contribution >= 4 is 27.1 Å². The van der Waals surface area contributed by atoms with Gasteiger partial charge >= 0.3 is 0 Å². The highest BCUT2D eigenvalue weighted by Gasteiger charge is 2.21. The van der Waals surface area contributed by atoms with E-state index in [0.717, 1.165) is 55.8 Å². The molecule has 0 atom stereocenters. The lowest BCUT2D eigenvalue weighted by Crippen LogP contribution is -2.25. The number of hydrogen-bond donors (Lipinski definition) is 0. The number of aromatic nitrogens is 1. The second-order valence-electron chi connectivity index (χ2n) is 6.39. The molecule has 5 heteroatoms. The lowest BCUT2D eigenvalue weighted by atomic mass is 10.0. The van der Waals surface area contributed by atoms with Crippen LogP contribution in [0.15, 0.2) is 42.6 Å². The molecule has 0 saturated heterocycles. The van der Waals surface area contributed by atoms with E-state index in [0.29, 0.717) is 0 Å². The Morgan fingerprint density at radius 1 is 0.846 bits per heavy atom. The van der Waals surface area contributed by atoms with Gasteiger partial charge in [-0.1, -0.05) is 0 Å². The molecule has 5 rings (SSSR count). The highest BCUT2D eigenvalue weighted by molar-refractivity contribution is 6.00. The van der Waals surface area contributed by atoms with Crippen molar-refractivity contribution in [1.29, 1.82) is 0 Å². The quantitative estimate of drug-likeness (QED) is 0.314. The predicted molar refractivity (Wildman–Crippen MR) is 98.6 cm³/mol. The summed E-state index contributed by atoms with van der Waals surface area (Å²) in [5.41, 5.74) is 2.25. The summed E-state index contributed by atoms with van der Waals surface area (Å²) in [5, 5.41) is 4.47. The number of ether oxygens (including phenoxy) is 4. The fourth-order valence-electron chi connectivity index (χ4n) is 3.73. The second-order valence-corrected chi connectivity index (χ2v) is 6.39. The van der Waals surface area contributed by atoms with Crippen molar-refractivity contribution in [3.63, 3.8) is 0 Å². The number of fused-ring (bicyclic) bond motifs is 5. The third-order valence-corrected chi connectivity index (χ3v) is 5.08. The first kappa shape index (κ1) is 15.1. The smallest absolute Gasteiger partial charge is 0.231 e. The minimum atomic E-state index is 0.273. The molecule has 0 spiro atoms. The monoisotopic (exact) mass is 348 g/mol. The van der Waals surface area contributed by atoms with Gasteiger partial charge in [-0.05, 0) is 35.0 Å². The van der Waals surface area contributed by atoms with Gasteiger partial charge < -0.3 is 18.9 Å². The van der Waals surface area contributed by atoms with E-state index < -0.39 is 0 Å². The van der Waals surface area contributed by atoms with Gasteiger partial charge in [0.25, 0.3) is 0 Å². The molecule has 0 saturated carbocycles. The third kappa shape index (κ3) is 2.00. The van der Waals surface area contributed by atoms with Crippen molar-refractivity contribution in [2.45, 2.75) is 6.92 Å². The summed E-state index contributed by atoms with van der Waals surface area (Å²) in [7, 11) is 3.31. The van der Waals surface area contributed by atoms with Crippen molar-refractivity contribution in [3.8, 4) is 23.0 Å². The van der Waals surface area contributed by atoms with Gasteiger partial charge in [0.15, 0.2) is 34.9 Å². The molecule has 0 aliphatic carbocycles. The zero-order valence-electron chi connectivity index (χ0n) is 14.8. The Morgan fingerprint density at radius 2 is 1.58 bits per heavy atom. The molecule has 26 heavy (non-hydrogen) atoms. The molecular formula is C21H18NO4+. The topological polar surface area (TPSA) is 41.0 Å². The standard InChI is InChI=1S/C21H18NO4/c1-12-15-9-19(24-3)18(23-2)8-14(15)6-17-16-10-21-20(25-11-26-21)7-13(16)4-5-22(12)17/h4-10H,11H2,1-3H3/q+1. The Hall–Kier alpha value is -3.21. The number of nitrogens with zero attached hydrogens (tertiary/aromatic N) is 1. The fourth-order valence-corrected chi connectivity index (χ4v) is 3.73. The second kappa shape index (κ2) is 5.39. The van der Waals surface area contributed by atoms with E-state index in [1.165, 1.54) is 0 Å². The average molecular weight is 348 g/mol. The lowest BCUT2D eigenvalue weighted by molar-refractivity contribution is -0.516. The van der Waals surface area contributed by atoms with Crippen molar-refractivity contribution < 1.29 is 23.3 Å². The molecule has 5 nitrogen and oxygen atoms in total. The normalized spacial score (nSPS) is 12.9. The maximum atomic E-state index is 5.57. The van der Waals surface area contributed by atoms with Crippen LogP contribution in [-0.4, -0.2) is 21.0 Å². The van der Waals surface area contributed by atoms with E-state index in [1.54, 1.807) is 14.2 Å². The van der Waals surface area contributed by atoms with Gasteiger partial charge in [-0.25, -0.2) is 0 Å². The first-order chi connectivity index (χ1) is 12.7. The highest BCUT2D eigenvalue weighted by atomic mass is 16.7.